The number of carbonyl (C=O) groups excluding carboxylic acids is 1. The average Bonchev–Trinajstić information content (AvgIpc) is 3.00. The number of halogens is 3. The first-order valence-electron chi connectivity index (χ1n) is 7.44. The van der Waals surface area contributed by atoms with Crippen LogP contribution in [0.3, 0.4) is 0 Å². The monoisotopic (exact) mass is 377 g/mol. The number of hydrogen-bond donors (Lipinski definition) is 1. The summed E-state index contributed by atoms with van der Waals surface area (Å²) < 4.78 is 15.4. The summed E-state index contributed by atoms with van der Waals surface area (Å²) in [5.41, 5.74) is 0.811. The molecule has 0 saturated heterocycles. The molecule has 0 fully saturated rings. The first-order chi connectivity index (χ1) is 12.0. The van der Waals surface area contributed by atoms with Crippen LogP contribution < -0.4 is 5.32 Å². The fraction of sp³-hybridized carbons (Fsp3) is 0.111. The molecule has 25 heavy (non-hydrogen) atoms. The van der Waals surface area contributed by atoms with E-state index in [0.29, 0.717) is 16.4 Å². The lowest BCUT2D eigenvalue weighted by Gasteiger charge is -2.19. The van der Waals surface area contributed by atoms with Crippen LogP contribution in [-0.2, 0) is 7.05 Å². The van der Waals surface area contributed by atoms with E-state index in [-0.39, 0.29) is 10.6 Å². The maximum atomic E-state index is 13.7. The van der Waals surface area contributed by atoms with Crippen molar-refractivity contribution in [2.24, 2.45) is 7.05 Å². The zero-order valence-electron chi connectivity index (χ0n) is 13.2. The lowest BCUT2D eigenvalue weighted by molar-refractivity contribution is 0.0941. The number of carbonyl (C=O) groups is 1. The van der Waals surface area contributed by atoms with Crippen molar-refractivity contribution in [2.45, 2.75) is 6.04 Å². The van der Waals surface area contributed by atoms with Crippen LogP contribution in [-0.4, -0.2) is 15.5 Å². The third-order valence-electron chi connectivity index (χ3n) is 3.75. The fourth-order valence-electron chi connectivity index (χ4n) is 2.52. The van der Waals surface area contributed by atoms with E-state index < -0.39 is 17.8 Å². The van der Waals surface area contributed by atoms with Gasteiger partial charge in [-0.05, 0) is 35.9 Å². The van der Waals surface area contributed by atoms with Gasteiger partial charge in [0.05, 0.1) is 10.6 Å². The molecule has 0 bridgehead atoms. The molecule has 0 saturated carbocycles. The highest BCUT2D eigenvalue weighted by Crippen LogP contribution is 2.25. The lowest BCUT2D eigenvalue weighted by Crippen LogP contribution is -2.31. The number of imidazole rings is 1. The largest absolute Gasteiger partial charge is 0.338 e. The van der Waals surface area contributed by atoms with Gasteiger partial charge in [0.15, 0.2) is 0 Å². The smallest absolute Gasteiger partial charge is 0.253 e. The number of nitrogens with one attached hydrogen (secondary N) is 1. The van der Waals surface area contributed by atoms with Gasteiger partial charge >= 0.3 is 0 Å². The second-order valence-corrected chi connectivity index (χ2v) is 6.33. The van der Waals surface area contributed by atoms with Gasteiger partial charge in [0.2, 0.25) is 0 Å². The topological polar surface area (TPSA) is 46.9 Å². The normalized spacial score (nSPS) is 12.0. The Balaban J connectivity index is 2.00. The molecule has 3 aromatic rings. The van der Waals surface area contributed by atoms with E-state index in [2.05, 4.69) is 10.3 Å². The molecule has 0 unspecified atom stereocenters. The summed E-state index contributed by atoms with van der Waals surface area (Å²) in [7, 11) is 1.80. The Morgan fingerprint density at radius 3 is 2.72 bits per heavy atom. The Bertz CT molecular complexity index is 926. The van der Waals surface area contributed by atoms with Crippen molar-refractivity contribution in [3.8, 4) is 0 Å². The van der Waals surface area contributed by atoms with Crippen LogP contribution in [0.25, 0.3) is 0 Å². The molecule has 2 aromatic carbocycles. The van der Waals surface area contributed by atoms with Crippen molar-refractivity contribution in [1.82, 2.24) is 14.9 Å². The van der Waals surface area contributed by atoms with E-state index in [9.17, 15) is 9.18 Å². The molecule has 0 spiro atoms. The van der Waals surface area contributed by atoms with Gasteiger partial charge in [-0.1, -0.05) is 35.3 Å². The number of benzene rings is 2. The average molecular weight is 378 g/mol. The predicted octanol–water partition coefficient (Wildman–Crippen LogP) is 4.39. The Hall–Kier alpha value is -2.37. The SMILES string of the molecule is Cn1ccnc1[C@@H](NC(=O)c1cc(Cl)ccc1Cl)c1cccc(F)c1. The van der Waals surface area contributed by atoms with Crippen molar-refractivity contribution in [3.63, 3.8) is 0 Å². The van der Waals surface area contributed by atoms with Gasteiger partial charge in [-0.15, -0.1) is 0 Å². The number of aryl methyl sites for hydroxylation is 1. The molecule has 1 amide bonds. The minimum absolute atomic E-state index is 0.241. The maximum absolute atomic E-state index is 13.7. The van der Waals surface area contributed by atoms with E-state index in [4.69, 9.17) is 23.2 Å². The molecule has 1 heterocycles. The summed E-state index contributed by atoms with van der Waals surface area (Å²) in [4.78, 5) is 17.0. The van der Waals surface area contributed by atoms with Gasteiger partial charge in [-0.25, -0.2) is 9.37 Å². The molecule has 7 heteroatoms. The summed E-state index contributed by atoms with van der Waals surface area (Å²) in [6.45, 7) is 0. The second kappa shape index (κ2) is 7.25. The summed E-state index contributed by atoms with van der Waals surface area (Å²) >= 11 is 12.1. The zero-order chi connectivity index (χ0) is 18.0. The van der Waals surface area contributed by atoms with E-state index >= 15 is 0 Å². The van der Waals surface area contributed by atoms with Crippen molar-refractivity contribution < 1.29 is 9.18 Å². The van der Waals surface area contributed by atoms with Crippen molar-refractivity contribution in [1.29, 1.82) is 0 Å². The van der Waals surface area contributed by atoms with Crippen molar-refractivity contribution in [2.75, 3.05) is 0 Å². The first-order valence-corrected chi connectivity index (χ1v) is 8.20. The molecule has 0 aliphatic carbocycles. The van der Waals surface area contributed by atoms with Gasteiger partial charge in [-0.3, -0.25) is 4.79 Å². The summed E-state index contributed by atoms with van der Waals surface area (Å²) in [5, 5.41) is 3.53. The molecule has 128 valence electrons. The van der Waals surface area contributed by atoms with Crippen LogP contribution in [0, 0.1) is 5.82 Å². The fourth-order valence-corrected chi connectivity index (χ4v) is 2.89. The Morgan fingerprint density at radius 1 is 1.24 bits per heavy atom. The summed E-state index contributed by atoms with van der Waals surface area (Å²) in [6.07, 6.45) is 3.36. The Kier molecular flexibility index (Phi) is 5.06. The van der Waals surface area contributed by atoms with Crippen molar-refractivity contribution in [3.05, 3.63) is 87.7 Å². The Morgan fingerprint density at radius 2 is 2.04 bits per heavy atom. The number of rotatable bonds is 4. The second-order valence-electron chi connectivity index (χ2n) is 5.48. The van der Waals surface area contributed by atoms with E-state index in [1.54, 1.807) is 48.3 Å². The standard InChI is InChI=1S/C18H14Cl2FN3O/c1-24-8-7-22-17(24)16(11-3-2-4-13(21)9-11)23-18(25)14-10-12(19)5-6-15(14)20/h2-10,16H,1H3,(H,23,25)/t16-/m0/s1. The van der Waals surface area contributed by atoms with Crippen LogP contribution in [0.5, 0.6) is 0 Å². The highest BCUT2D eigenvalue weighted by molar-refractivity contribution is 6.35. The molecule has 1 N–H and O–H groups in total. The molecule has 3 rings (SSSR count). The van der Waals surface area contributed by atoms with Gasteiger partial charge in [0.25, 0.3) is 5.91 Å². The lowest BCUT2D eigenvalue weighted by atomic mass is 10.0. The van der Waals surface area contributed by atoms with Crippen LogP contribution in [0.2, 0.25) is 10.0 Å². The van der Waals surface area contributed by atoms with Gasteiger partial charge < -0.3 is 9.88 Å². The highest BCUT2D eigenvalue weighted by atomic mass is 35.5. The maximum Gasteiger partial charge on any atom is 0.253 e. The van der Waals surface area contributed by atoms with Crippen LogP contribution in [0.4, 0.5) is 4.39 Å². The third kappa shape index (κ3) is 3.83. The number of hydrogen-bond acceptors (Lipinski definition) is 2. The molecule has 0 radical (unpaired) electrons. The van der Waals surface area contributed by atoms with Crippen LogP contribution in [0.1, 0.15) is 27.8 Å². The van der Waals surface area contributed by atoms with Crippen molar-refractivity contribution >= 4 is 29.1 Å². The molecule has 0 aliphatic heterocycles. The van der Waals surface area contributed by atoms with E-state index in [1.165, 1.54) is 18.2 Å². The summed E-state index contributed by atoms with van der Waals surface area (Å²) in [5.74, 6) is -0.256. The number of aromatic nitrogens is 2. The van der Waals surface area contributed by atoms with E-state index in [1.807, 2.05) is 0 Å². The zero-order valence-corrected chi connectivity index (χ0v) is 14.7. The molecule has 0 aliphatic rings. The Labute approximate surface area is 154 Å². The van der Waals surface area contributed by atoms with E-state index in [0.717, 1.165) is 0 Å². The minimum Gasteiger partial charge on any atom is -0.338 e. The van der Waals surface area contributed by atoms with Gasteiger partial charge in [0.1, 0.15) is 17.7 Å². The molecular formula is C18H14Cl2FN3O. The van der Waals surface area contributed by atoms with Gasteiger partial charge in [-0.2, -0.15) is 0 Å². The highest BCUT2D eigenvalue weighted by Gasteiger charge is 2.23. The molecule has 1 aromatic heterocycles. The quantitative estimate of drug-likeness (QED) is 0.732. The molecule has 4 nitrogen and oxygen atoms in total. The van der Waals surface area contributed by atoms with Gasteiger partial charge in [0, 0.05) is 24.5 Å². The third-order valence-corrected chi connectivity index (χ3v) is 4.31. The molecule has 1 atom stereocenters. The van der Waals surface area contributed by atoms with Crippen LogP contribution >= 0.6 is 23.2 Å². The summed E-state index contributed by atoms with van der Waals surface area (Å²) in [6, 6.07) is 10.0. The van der Waals surface area contributed by atoms with Crippen LogP contribution in [0.15, 0.2) is 54.9 Å². The first kappa shape index (κ1) is 17.5. The molecular weight excluding hydrogens is 364 g/mol. The predicted molar refractivity (Wildman–Crippen MR) is 95.4 cm³/mol. The number of amides is 1. The minimum atomic E-state index is -0.641. The number of nitrogens with zero attached hydrogens (tertiary/aromatic N) is 2.